The van der Waals surface area contributed by atoms with Gasteiger partial charge < -0.3 is 39.4 Å². The van der Waals surface area contributed by atoms with E-state index in [-0.39, 0.29) is 79.2 Å². The van der Waals surface area contributed by atoms with Gasteiger partial charge in [-0.1, -0.05) is 263 Å². The van der Waals surface area contributed by atoms with Gasteiger partial charge in [-0.15, -0.1) is 0 Å². The fraction of sp³-hybridized carbons (Fsp3) is 0.478. The molecular formula is C92H120O8. The number of benzene rings is 8. The van der Waals surface area contributed by atoms with Crippen LogP contribution >= 0.6 is 0 Å². The highest BCUT2D eigenvalue weighted by molar-refractivity contribution is 5.63. The van der Waals surface area contributed by atoms with Crippen LogP contribution in [-0.4, -0.2) is 48.9 Å². The Bertz CT molecular complexity index is 4140. The largest absolute Gasteiger partial charge is 0.507 e. The number of ether oxygens (including phenoxy) is 4. The molecule has 0 atom stereocenters. The van der Waals surface area contributed by atoms with Gasteiger partial charge >= 0.3 is 0 Å². The van der Waals surface area contributed by atoms with Gasteiger partial charge in [0.2, 0.25) is 0 Å². The van der Waals surface area contributed by atoms with Crippen LogP contribution in [0.25, 0.3) is 0 Å². The van der Waals surface area contributed by atoms with Crippen LogP contribution < -0.4 is 18.9 Å². The molecule has 0 unspecified atom stereocenters. The third-order valence-corrected chi connectivity index (χ3v) is 20.8. The molecule has 4 N–H and O–H groups in total. The first-order chi connectivity index (χ1) is 46.0. The van der Waals surface area contributed by atoms with E-state index in [2.05, 4.69) is 263 Å². The molecule has 0 saturated heterocycles. The Hall–Kier alpha value is -7.84. The number of phenolic OH excluding ortho intramolecular Hbond substituents is 4. The minimum atomic E-state index is -0.309. The molecule has 0 aromatic heterocycles. The second-order valence-electron chi connectivity index (χ2n) is 37.3. The predicted molar refractivity (Wildman–Crippen MR) is 416 cm³/mol. The summed E-state index contributed by atoms with van der Waals surface area (Å²) < 4.78 is 26.5. The Morgan fingerprint density at radius 1 is 0.180 bits per heavy atom. The number of hydrogen-bond donors (Lipinski definition) is 4. The Balaban J connectivity index is 1.38. The monoisotopic (exact) mass is 1350 g/mol. The van der Waals surface area contributed by atoms with E-state index in [9.17, 15) is 20.4 Å². The summed E-state index contributed by atoms with van der Waals surface area (Å²) in [5.74, 6) is 3.72. The molecule has 0 radical (unpaired) electrons. The third kappa shape index (κ3) is 16.5. The lowest BCUT2D eigenvalue weighted by molar-refractivity contribution is 0.397. The van der Waals surface area contributed by atoms with E-state index in [1.54, 1.807) is 28.4 Å². The Labute approximate surface area is 602 Å². The van der Waals surface area contributed by atoms with Gasteiger partial charge in [0.1, 0.15) is 46.0 Å². The molecule has 9 rings (SSSR count). The molecule has 1 aliphatic rings. The SMILES string of the molecule is COc1c2cc(C(C)(C)C)cc1Cc1cc(C(C)(C)C)cc(c1O)Cc1cc(C(C)(C)C)cc(c1O)Cc1cc(C(C)(C)C)cc(c1OC)Cc1cc(C(C)(C)C)cc(c1OC)Cc1cc(C(C)(C)C)cc(c1OC)Cc1cc(C(C)(C)C)cc(c1O)Cc1cc(C(C)(C)C)cc(c1O)C2. The van der Waals surface area contributed by atoms with Crippen molar-refractivity contribution in [1.29, 1.82) is 0 Å². The van der Waals surface area contributed by atoms with Crippen molar-refractivity contribution >= 4 is 0 Å². The third-order valence-electron chi connectivity index (χ3n) is 20.8. The summed E-state index contributed by atoms with van der Waals surface area (Å²) in [5.41, 5.74) is 20.3. The van der Waals surface area contributed by atoms with Crippen molar-refractivity contribution < 1.29 is 39.4 Å². The van der Waals surface area contributed by atoms with Crippen LogP contribution in [0.2, 0.25) is 0 Å². The highest BCUT2D eigenvalue weighted by Gasteiger charge is 2.32. The Kier molecular flexibility index (Phi) is 21.0. The van der Waals surface area contributed by atoms with Crippen molar-refractivity contribution in [2.24, 2.45) is 0 Å². The van der Waals surface area contributed by atoms with Gasteiger partial charge in [-0.2, -0.15) is 0 Å². The zero-order chi connectivity index (χ0) is 74.3. The van der Waals surface area contributed by atoms with Crippen molar-refractivity contribution in [3.63, 3.8) is 0 Å². The Morgan fingerprint density at radius 2 is 0.270 bits per heavy atom. The van der Waals surface area contributed by atoms with E-state index in [0.29, 0.717) is 44.3 Å². The summed E-state index contributed by atoms with van der Waals surface area (Å²) >= 11 is 0. The van der Waals surface area contributed by atoms with Crippen LogP contribution in [0.4, 0.5) is 0 Å². The molecule has 8 nitrogen and oxygen atoms in total. The Morgan fingerprint density at radius 3 is 0.370 bits per heavy atom. The van der Waals surface area contributed by atoms with Crippen LogP contribution in [0.3, 0.4) is 0 Å². The molecule has 8 aromatic carbocycles. The molecule has 0 aliphatic heterocycles. The van der Waals surface area contributed by atoms with Gasteiger partial charge in [-0.05, 0) is 177 Å². The van der Waals surface area contributed by atoms with Gasteiger partial charge in [0.25, 0.3) is 0 Å². The van der Waals surface area contributed by atoms with E-state index in [1.165, 1.54) is 5.56 Å². The van der Waals surface area contributed by atoms with Crippen LogP contribution in [0.15, 0.2) is 97.1 Å². The molecule has 536 valence electrons. The summed E-state index contributed by atoms with van der Waals surface area (Å²) in [6.45, 7) is 53.4. The summed E-state index contributed by atoms with van der Waals surface area (Å²) in [6.07, 6.45) is 2.98. The summed E-state index contributed by atoms with van der Waals surface area (Å²) in [6, 6.07) is 35.3. The highest BCUT2D eigenvalue weighted by Crippen LogP contribution is 2.47. The maximum atomic E-state index is 13.0. The standard InChI is InChI=1S/C92H120O8/c1-85(2,3)69-37-53-29-55-39-71(87(7,8)9)43-59(79(55)95)33-63-47-74(90(16,17)18)49-65(82(63)98-26)35-67-51-76(92(22,23)24)52-68(84(67)100-28)36-66-50-75(91(19,20)21)48-64(83(66)99-27)34-60-44-72(88(10,11)12)40-56(80(60)96)30-54-38-70(86(4,5)6)42-58(78(54)94)32-62-46-73(89(13,14)15)45-61(81(62)97-25)31-57(41-69)77(53)93/h37-52,93-96H,29-36H2,1-28H3. The molecule has 1 aliphatic carbocycles. The molecule has 0 heterocycles. The molecule has 0 amide bonds. The molecular weight excluding hydrogens is 1230 g/mol. The summed E-state index contributed by atoms with van der Waals surface area (Å²) in [7, 11) is 7.01. The lowest BCUT2D eigenvalue weighted by atomic mass is 9.79. The van der Waals surface area contributed by atoms with Gasteiger partial charge in [0.05, 0.1) is 28.4 Å². The number of phenols is 4. The molecule has 8 heteroatoms. The smallest absolute Gasteiger partial charge is 0.125 e. The zero-order valence-corrected chi connectivity index (χ0v) is 66.3. The van der Waals surface area contributed by atoms with E-state index in [1.807, 2.05) is 0 Å². The maximum absolute atomic E-state index is 13.0. The molecule has 16 bridgehead atoms. The van der Waals surface area contributed by atoms with Crippen molar-refractivity contribution in [3.05, 3.63) is 231 Å². The normalized spacial score (nSPS) is 14.0. The van der Waals surface area contributed by atoms with Gasteiger partial charge in [0, 0.05) is 51.4 Å². The molecule has 100 heavy (non-hydrogen) atoms. The minimum absolute atomic E-state index is 0.174. The van der Waals surface area contributed by atoms with Crippen molar-refractivity contribution in [2.45, 2.75) is 261 Å². The molecule has 0 saturated carbocycles. The lowest BCUT2D eigenvalue weighted by Crippen LogP contribution is -2.16. The number of fused-ring (bicyclic) bond motifs is 16. The number of aromatic hydroxyl groups is 4. The second-order valence-corrected chi connectivity index (χ2v) is 37.3. The molecule has 8 aromatic rings. The van der Waals surface area contributed by atoms with E-state index in [0.717, 1.165) is 145 Å². The van der Waals surface area contributed by atoms with Crippen LogP contribution in [-0.2, 0) is 94.7 Å². The van der Waals surface area contributed by atoms with E-state index in [4.69, 9.17) is 18.9 Å². The van der Waals surface area contributed by atoms with Crippen molar-refractivity contribution in [2.75, 3.05) is 28.4 Å². The van der Waals surface area contributed by atoms with Crippen molar-refractivity contribution in [1.82, 2.24) is 0 Å². The lowest BCUT2D eigenvalue weighted by Gasteiger charge is -2.28. The second kappa shape index (κ2) is 27.5. The topological polar surface area (TPSA) is 118 Å². The van der Waals surface area contributed by atoms with Crippen LogP contribution in [0.1, 0.15) is 300 Å². The van der Waals surface area contributed by atoms with Gasteiger partial charge in [0.15, 0.2) is 0 Å². The highest BCUT2D eigenvalue weighted by atomic mass is 16.5. The van der Waals surface area contributed by atoms with E-state index < -0.39 is 0 Å². The van der Waals surface area contributed by atoms with Gasteiger partial charge in [-0.3, -0.25) is 0 Å². The summed E-state index contributed by atoms with van der Waals surface area (Å²) in [4.78, 5) is 0. The average molecular weight is 1350 g/mol. The van der Waals surface area contributed by atoms with Crippen LogP contribution in [0, 0.1) is 0 Å². The molecule has 0 fully saturated rings. The fourth-order valence-electron chi connectivity index (χ4n) is 14.3. The quantitative estimate of drug-likeness (QED) is 0.138. The molecule has 0 spiro atoms. The predicted octanol–water partition coefficient (Wildman–Crippen LogP) is 22.0. The van der Waals surface area contributed by atoms with Gasteiger partial charge in [-0.25, -0.2) is 0 Å². The van der Waals surface area contributed by atoms with E-state index >= 15 is 0 Å². The first-order valence-electron chi connectivity index (χ1n) is 36.2. The fourth-order valence-corrected chi connectivity index (χ4v) is 14.3. The minimum Gasteiger partial charge on any atom is -0.507 e. The van der Waals surface area contributed by atoms with Crippen LogP contribution in [0.5, 0.6) is 46.0 Å². The summed E-state index contributed by atoms with van der Waals surface area (Å²) in [5, 5.41) is 52.1. The first-order valence-corrected chi connectivity index (χ1v) is 36.2. The average Bonchev–Trinajstić information content (AvgIpc) is 0.778. The number of rotatable bonds is 4. The maximum Gasteiger partial charge on any atom is 0.125 e. The van der Waals surface area contributed by atoms with Crippen molar-refractivity contribution in [3.8, 4) is 46.0 Å². The number of methoxy groups -OCH3 is 4. The zero-order valence-electron chi connectivity index (χ0n) is 66.3. The number of hydrogen-bond acceptors (Lipinski definition) is 8. The first kappa shape index (κ1) is 76.3.